The van der Waals surface area contributed by atoms with Gasteiger partial charge in [-0.1, -0.05) is 35.3 Å². The normalized spacial score (nSPS) is 16.8. The number of aromatic nitrogens is 2. The van der Waals surface area contributed by atoms with Gasteiger partial charge in [0.15, 0.2) is 0 Å². The molecule has 2 aromatic carbocycles. The second kappa shape index (κ2) is 5.76. The third kappa shape index (κ3) is 2.47. The molecule has 0 bridgehead atoms. The van der Waals surface area contributed by atoms with E-state index in [1.54, 1.807) is 23.1 Å². The summed E-state index contributed by atoms with van der Waals surface area (Å²) in [7, 11) is 0. The monoisotopic (exact) mass is 386 g/mol. The molecule has 1 aliphatic heterocycles. The maximum atomic E-state index is 10.9. The van der Waals surface area contributed by atoms with Crippen molar-refractivity contribution >= 4 is 51.3 Å². The molecule has 1 aliphatic rings. The molecule has 3 aromatic rings. The number of aromatic amines is 1. The SMILES string of the molecule is CC1(C)C(O)=C(c2nc3ccccc3[nH]2)C(=N)N1c1cc(Cl)cc(Cl)c1. The van der Waals surface area contributed by atoms with Crippen LogP contribution in [0.5, 0.6) is 0 Å². The number of fused-ring (bicyclic) bond motifs is 1. The maximum absolute atomic E-state index is 10.9. The Kier molecular flexibility index (Phi) is 3.75. The quantitative estimate of drug-likeness (QED) is 0.550. The molecule has 2 heterocycles. The predicted octanol–water partition coefficient (Wildman–Crippen LogP) is 5.41. The van der Waals surface area contributed by atoms with Crippen LogP contribution in [0.3, 0.4) is 0 Å². The van der Waals surface area contributed by atoms with Crippen molar-refractivity contribution in [1.82, 2.24) is 9.97 Å². The lowest BCUT2D eigenvalue weighted by Crippen LogP contribution is -2.43. The fraction of sp³-hybridized carbons (Fsp3) is 0.158. The van der Waals surface area contributed by atoms with Crippen LogP contribution in [0, 0.1) is 5.41 Å². The van der Waals surface area contributed by atoms with Gasteiger partial charge in [-0.15, -0.1) is 0 Å². The summed E-state index contributed by atoms with van der Waals surface area (Å²) in [6.45, 7) is 3.67. The lowest BCUT2D eigenvalue weighted by atomic mass is 10.0. The van der Waals surface area contributed by atoms with Gasteiger partial charge in [0.1, 0.15) is 17.4 Å². The fourth-order valence-corrected chi connectivity index (χ4v) is 3.85. The molecule has 7 heteroatoms. The van der Waals surface area contributed by atoms with E-state index in [2.05, 4.69) is 9.97 Å². The Morgan fingerprint density at radius 1 is 1.12 bits per heavy atom. The van der Waals surface area contributed by atoms with E-state index in [0.29, 0.717) is 27.1 Å². The average molecular weight is 387 g/mol. The summed E-state index contributed by atoms with van der Waals surface area (Å²) in [4.78, 5) is 9.41. The first-order valence-corrected chi connectivity index (χ1v) is 8.78. The standard InChI is InChI=1S/C19H16Cl2N4O/c1-19(2)16(26)15(18-23-13-5-3-4-6-14(13)24-18)17(22)25(19)12-8-10(20)7-11(21)9-12/h3-9,22,26H,1-2H3,(H,23,24). The fourth-order valence-electron chi connectivity index (χ4n) is 3.33. The van der Waals surface area contributed by atoms with Gasteiger partial charge >= 0.3 is 0 Å². The predicted molar refractivity (Wildman–Crippen MR) is 106 cm³/mol. The number of nitrogens with zero attached hydrogens (tertiary/aromatic N) is 2. The smallest absolute Gasteiger partial charge is 0.145 e. The molecule has 1 aromatic heterocycles. The lowest BCUT2D eigenvalue weighted by molar-refractivity contribution is 0.334. The van der Waals surface area contributed by atoms with Crippen LogP contribution in [-0.4, -0.2) is 26.4 Å². The van der Waals surface area contributed by atoms with Gasteiger partial charge in [0, 0.05) is 15.7 Å². The molecule has 0 saturated carbocycles. The molecule has 26 heavy (non-hydrogen) atoms. The van der Waals surface area contributed by atoms with Crippen molar-refractivity contribution in [2.75, 3.05) is 4.90 Å². The molecule has 0 saturated heterocycles. The molecule has 132 valence electrons. The van der Waals surface area contributed by atoms with Crippen LogP contribution < -0.4 is 4.90 Å². The van der Waals surface area contributed by atoms with Gasteiger partial charge in [0.2, 0.25) is 0 Å². The zero-order valence-electron chi connectivity index (χ0n) is 14.1. The van der Waals surface area contributed by atoms with Gasteiger partial charge in [0.25, 0.3) is 0 Å². The summed E-state index contributed by atoms with van der Waals surface area (Å²) in [6.07, 6.45) is 0. The molecule has 0 spiro atoms. The van der Waals surface area contributed by atoms with Gasteiger partial charge in [-0.05, 0) is 44.2 Å². The Morgan fingerprint density at radius 2 is 1.77 bits per heavy atom. The van der Waals surface area contributed by atoms with Crippen molar-refractivity contribution in [3.05, 3.63) is 64.1 Å². The van der Waals surface area contributed by atoms with Crippen molar-refractivity contribution in [2.24, 2.45) is 0 Å². The van der Waals surface area contributed by atoms with E-state index in [1.165, 1.54) is 0 Å². The van der Waals surface area contributed by atoms with E-state index in [-0.39, 0.29) is 11.6 Å². The van der Waals surface area contributed by atoms with Crippen LogP contribution in [0.1, 0.15) is 19.7 Å². The summed E-state index contributed by atoms with van der Waals surface area (Å²) in [5.41, 5.74) is 1.77. The van der Waals surface area contributed by atoms with Crippen LogP contribution in [-0.2, 0) is 0 Å². The molecule has 0 aliphatic carbocycles. The van der Waals surface area contributed by atoms with Crippen molar-refractivity contribution in [2.45, 2.75) is 19.4 Å². The molecule has 0 radical (unpaired) electrons. The number of halogens is 2. The number of benzene rings is 2. The van der Waals surface area contributed by atoms with E-state index < -0.39 is 5.54 Å². The van der Waals surface area contributed by atoms with Gasteiger partial charge in [0.05, 0.1) is 22.1 Å². The zero-order chi connectivity index (χ0) is 18.6. The second-order valence-electron chi connectivity index (χ2n) is 6.70. The summed E-state index contributed by atoms with van der Waals surface area (Å²) >= 11 is 12.3. The molecular formula is C19H16Cl2N4O. The van der Waals surface area contributed by atoms with Crippen molar-refractivity contribution in [1.29, 1.82) is 5.41 Å². The zero-order valence-corrected chi connectivity index (χ0v) is 15.7. The Labute approximate surface area is 160 Å². The van der Waals surface area contributed by atoms with E-state index in [4.69, 9.17) is 28.6 Å². The number of aliphatic hydroxyl groups excluding tert-OH is 1. The summed E-state index contributed by atoms with van der Waals surface area (Å²) in [5, 5.41) is 20.5. The summed E-state index contributed by atoms with van der Waals surface area (Å²) in [6, 6.07) is 12.7. The minimum absolute atomic E-state index is 0.0673. The molecule has 0 atom stereocenters. The second-order valence-corrected chi connectivity index (χ2v) is 7.57. The highest BCUT2D eigenvalue weighted by atomic mass is 35.5. The highest BCUT2D eigenvalue weighted by molar-refractivity contribution is 6.36. The van der Waals surface area contributed by atoms with Crippen molar-refractivity contribution < 1.29 is 5.11 Å². The largest absolute Gasteiger partial charge is 0.509 e. The average Bonchev–Trinajstić information content (AvgIpc) is 3.03. The molecular weight excluding hydrogens is 371 g/mol. The van der Waals surface area contributed by atoms with Gasteiger partial charge in [-0.3, -0.25) is 5.41 Å². The van der Waals surface area contributed by atoms with Crippen LogP contribution in [0.2, 0.25) is 10.0 Å². The van der Waals surface area contributed by atoms with Crippen molar-refractivity contribution in [3.63, 3.8) is 0 Å². The number of hydrogen-bond donors (Lipinski definition) is 3. The van der Waals surface area contributed by atoms with Gasteiger partial charge < -0.3 is 15.0 Å². The topological polar surface area (TPSA) is 76.0 Å². The van der Waals surface area contributed by atoms with Crippen LogP contribution in [0.15, 0.2) is 48.2 Å². The number of imidazole rings is 1. The maximum Gasteiger partial charge on any atom is 0.145 e. The third-order valence-corrected chi connectivity index (χ3v) is 5.00. The molecule has 0 unspecified atom stereocenters. The van der Waals surface area contributed by atoms with Crippen LogP contribution in [0.25, 0.3) is 16.6 Å². The first-order valence-electron chi connectivity index (χ1n) is 8.03. The Bertz CT molecular complexity index is 1030. The molecule has 5 nitrogen and oxygen atoms in total. The van der Waals surface area contributed by atoms with Crippen molar-refractivity contribution in [3.8, 4) is 0 Å². The Morgan fingerprint density at radius 3 is 2.42 bits per heavy atom. The Hall–Kier alpha value is -2.50. The minimum Gasteiger partial charge on any atom is -0.509 e. The first kappa shape index (κ1) is 16.9. The number of H-pyrrole nitrogens is 1. The molecule has 0 amide bonds. The first-order chi connectivity index (χ1) is 12.3. The summed E-state index contributed by atoms with van der Waals surface area (Å²) in [5.74, 6) is 0.653. The minimum atomic E-state index is -0.848. The number of para-hydroxylation sites is 2. The molecule has 3 N–H and O–H groups in total. The van der Waals surface area contributed by atoms with Gasteiger partial charge in [-0.2, -0.15) is 0 Å². The Balaban J connectivity index is 1.86. The highest BCUT2D eigenvalue weighted by Crippen LogP contribution is 2.42. The third-order valence-electron chi connectivity index (χ3n) is 4.57. The number of aliphatic hydroxyl groups is 1. The highest BCUT2D eigenvalue weighted by Gasteiger charge is 2.45. The van der Waals surface area contributed by atoms with E-state index in [1.807, 2.05) is 38.1 Å². The number of hydrogen-bond acceptors (Lipinski definition) is 3. The number of anilines is 1. The lowest BCUT2D eigenvalue weighted by Gasteiger charge is -2.33. The molecule has 0 fully saturated rings. The van der Waals surface area contributed by atoms with E-state index >= 15 is 0 Å². The molecule has 4 rings (SSSR count). The van der Waals surface area contributed by atoms with Crippen LogP contribution >= 0.6 is 23.2 Å². The number of nitrogens with one attached hydrogen (secondary N) is 2. The van der Waals surface area contributed by atoms with Crippen LogP contribution in [0.4, 0.5) is 5.69 Å². The van der Waals surface area contributed by atoms with E-state index in [9.17, 15) is 5.11 Å². The number of rotatable bonds is 2. The van der Waals surface area contributed by atoms with E-state index in [0.717, 1.165) is 11.0 Å². The summed E-state index contributed by atoms with van der Waals surface area (Å²) < 4.78 is 0. The number of amidine groups is 1. The van der Waals surface area contributed by atoms with Gasteiger partial charge in [-0.25, -0.2) is 4.98 Å².